The Kier molecular flexibility index (Phi) is 9.19. The number of rotatable bonds is 10. The first-order chi connectivity index (χ1) is 15.1. The summed E-state index contributed by atoms with van der Waals surface area (Å²) in [6, 6.07) is 17.7. The van der Waals surface area contributed by atoms with Crippen molar-refractivity contribution in [2.45, 2.75) is 38.8 Å². The highest BCUT2D eigenvalue weighted by Gasteiger charge is 2.27. The van der Waals surface area contributed by atoms with Gasteiger partial charge < -0.3 is 10.1 Å². The molecule has 0 saturated carbocycles. The van der Waals surface area contributed by atoms with Crippen molar-refractivity contribution >= 4 is 17.5 Å². The number of halogens is 1. The Morgan fingerprint density at radius 3 is 2.42 bits per heavy atom. The first-order valence-electron chi connectivity index (χ1n) is 11.3. The predicted molar refractivity (Wildman–Crippen MR) is 127 cm³/mol. The molecule has 5 nitrogen and oxygen atoms in total. The van der Waals surface area contributed by atoms with Crippen LogP contribution in [0.1, 0.15) is 38.3 Å². The van der Waals surface area contributed by atoms with Gasteiger partial charge in [0.1, 0.15) is 12.4 Å². The first-order valence-corrected chi connectivity index (χ1v) is 11.6. The van der Waals surface area contributed by atoms with Gasteiger partial charge in [-0.1, -0.05) is 67.4 Å². The molecule has 168 valence electrons. The maximum atomic E-state index is 12.9. The molecule has 2 aromatic rings. The minimum Gasteiger partial charge on any atom is -0.491 e. The third-order valence-electron chi connectivity index (χ3n) is 5.93. The van der Waals surface area contributed by atoms with Gasteiger partial charge in [-0.2, -0.15) is 0 Å². The summed E-state index contributed by atoms with van der Waals surface area (Å²) >= 11 is 6.14. The van der Waals surface area contributed by atoms with E-state index in [1.807, 2.05) is 49.4 Å². The summed E-state index contributed by atoms with van der Waals surface area (Å²) in [5, 5.41) is 3.92. The van der Waals surface area contributed by atoms with Crippen LogP contribution in [0.3, 0.4) is 0 Å². The van der Waals surface area contributed by atoms with E-state index in [1.54, 1.807) is 0 Å². The van der Waals surface area contributed by atoms with Crippen LogP contribution in [-0.2, 0) is 4.79 Å². The lowest BCUT2D eigenvalue weighted by Gasteiger charge is -2.37. The summed E-state index contributed by atoms with van der Waals surface area (Å²) in [5.41, 5.74) is 1.17. The molecule has 1 aliphatic heterocycles. The third-order valence-corrected chi connectivity index (χ3v) is 6.24. The molecule has 1 N–H and O–H groups in total. The lowest BCUT2D eigenvalue weighted by atomic mass is 10.0. The van der Waals surface area contributed by atoms with E-state index in [4.69, 9.17) is 16.3 Å². The second-order valence-corrected chi connectivity index (χ2v) is 8.50. The van der Waals surface area contributed by atoms with Crippen LogP contribution in [0, 0.1) is 0 Å². The van der Waals surface area contributed by atoms with Crippen LogP contribution >= 0.6 is 11.6 Å². The van der Waals surface area contributed by atoms with Gasteiger partial charge in [0.15, 0.2) is 0 Å². The number of nitrogens with zero attached hydrogens (tertiary/aromatic N) is 2. The third kappa shape index (κ3) is 6.96. The summed E-state index contributed by atoms with van der Waals surface area (Å²) in [6.45, 7) is 9.25. The maximum Gasteiger partial charge on any atom is 0.237 e. The summed E-state index contributed by atoms with van der Waals surface area (Å²) in [4.78, 5) is 17.6. The summed E-state index contributed by atoms with van der Waals surface area (Å²) < 4.78 is 5.81. The summed E-state index contributed by atoms with van der Waals surface area (Å²) in [5.74, 6) is 0.839. The Morgan fingerprint density at radius 2 is 1.74 bits per heavy atom. The quantitative estimate of drug-likeness (QED) is 0.591. The fourth-order valence-corrected chi connectivity index (χ4v) is 4.17. The number of hydrogen-bond donors (Lipinski definition) is 1. The Hall–Kier alpha value is -2.08. The number of ether oxygens (including phenoxy) is 1. The van der Waals surface area contributed by atoms with E-state index in [2.05, 4.69) is 34.2 Å². The van der Waals surface area contributed by atoms with Crippen molar-refractivity contribution in [1.29, 1.82) is 0 Å². The molecule has 31 heavy (non-hydrogen) atoms. The summed E-state index contributed by atoms with van der Waals surface area (Å²) in [7, 11) is 0. The number of hydrogen-bond acceptors (Lipinski definition) is 4. The second kappa shape index (κ2) is 12.1. The van der Waals surface area contributed by atoms with E-state index in [0.717, 1.165) is 51.3 Å². The molecular weight excluding hydrogens is 410 g/mol. The van der Waals surface area contributed by atoms with Gasteiger partial charge in [0, 0.05) is 32.7 Å². The Bertz CT molecular complexity index is 809. The number of benzene rings is 2. The highest BCUT2D eigenvalue weighted by Crippen LogP contribution is 2.23. The number of nitrogens with one attached hydrogen (secondary N) is 1. The minimum atomic E-state index is -0.135. The average Bonchev–Trinajstić information content (AvgIpc) is 2.80. The zero-order valence-electron chi connectivity index (χ0n) is 18.6. The Morgan fingerprint density at radius 1 is 1.06 bits per heavy atom. The fourth-order valence-electron chi connectivity index (χ4n) is 3.98. The van der Waals surface area contributed by atoms with Gasteiger partial charge in [0.05, 0.1) is 17.1 Å². The zero-order valence-corrected chi connectivity index (χ0v) is 19.4. The van der Waals surface area contributed by atoms with Crippen LogP contribution < -0.4 is 10.1 Å². The molecule has 0 radical (unpaired) electrons. The number of para-hydroxylation sites is 1. The van der Waals surface area contributed by atoms with E-state index >= 15 is 0 Å². The van der Waals surface area contributed by atoms with Crippen molar-refractivity contribution in [1.82, 2.24) is 15.1 Å². The Labute approximate surface area is 191 Å². The van der Waals surface area contributed by atoms with Crippen LogP contribution in [0.4, 0.5) is 0 Å². The summed E-state index contributed by atoms with van der Waals surface area (Å²) in [6.07, 6.45) is 1.98. The van der Waals surface area contributed by atoms with E-state index in [-0.39, 0.29) is 18.0 Å². The molecule has 1 amide bonds. The van der Waals surface area contributed by atoms with Gasteiger partial charge in [-0.15, -0.1) is 0 Å². The topological polar surface area (TPSA) is 44.8 Å². The monoisotopic (exact) mass is 443 g/mol. The molecule has 1 saturated heterocycles. The number of amides is 1. The molecule has 6 heteroatoms. The number of carbonyl (C=O) groups excluding carboxylic acids is 1. The van der Waals surface area contributed by atoms with Gasteiger partial charge in [-0.05, 0) is 31.0 Å². The van der Waals surface area contributed by atoms with Crippen molar-refractivity contribution in [2.24, 2.45) is 0 Å². The van der Waals surface area contributed by atoms with Gasteiger partial charge in [-0.25, -0.2) is 0 Å². The van der Waals surface area contributed by atoms with E-state index in [9.17, 15) is 4.79 Å². The van der Waals surface area contributed by atoms with Crippen LogP contribution in [0.15, 0.2) is 54.6 Å². The van der Waals surface area contributed by atoms with Crippen LogP contribution in [0.5, 0.6) is 5.75 Å². The Balaban J connectivity index is 1.43. The fraction of sp³-hybridized carbons (Fsp3) is 0.480. The van der Waals surface area contributed by atoms with Crippen LogP contribution in [0.25, 0.3) is 0 Å². The molecule has 2 atom stereocenters. The van der Waals surface area contributed by atoms with Crippen molar-refractivity contribution in [2.75, 3.05) is 39.3 Å². The van der Waals surface area contributed by atoms with E-state index in [1.165, 1.54) is 5.56 Å². The minimum absolute atomic E-state index is 0.0735. The van der Waals surface area contributed by atoms with Crippen LogP contribution in [0.2, 0.25) is 5.02 Å². The predicted octanol–water partition coefficient (Wildman–Crippen LogP) is 4.38. The second-order valence-electron chi connectivity index (χ2n) is 8.09. The molecule has 2 unspecified atom stereocenters. The van der Waals surface area contributed by atoms with Crippen molar-refractivity contribution in [3.05, 3.63) is 65.2 Å². The molecule has 2 aromatic carbocycles. The molecule has 1 heterocycles. The highest BCUT2D eigenvalue weighted by atomic mass is 35.5. The molecule has 0 aliphatic carbocycles. The largest absolute Gasteiger partial charge is 0.491 e. The van der Waals surface area contributed by atoms with Gasteiger partial charge >= 0.3 is 0 Å². The number of carbonyl (C=O) groups is 1. The zero-order chi connectivity index (χ0) is 22.1. The molecule has 0 bridgehead atoms. The van der Waals surface area contributed by atoms with Crippen LogP contribution in [-0.4, -0.2) is 61.1 Å². The highest BCUT2D eigenvalue weighted by molar-refractivity contribution is 6.32. The number of piperazine rings is 1. The normalized spacial score (nSPS) is 17.1. The molecule has 3 rings (SSSR count). The first kappa shape index (κ1) is 23.6. The van der Waals surface area contributed by atoms with Crippen molar-refractivity contribution in [3.8, 4) is 5.75 Å². The molecular formula is C25H34ClN3O2. The average molecular weight is 444 g/mol. The van der Waals surface area contributed by atoms with E-state index < -0.39 is 0 Å². The van der Waals surface area contributed by atoms with Crippen molar-refractivity contribution in [3.63, 3.8) is 0 Å². The molecule has 1 fully saturated rings. The van der Waals surface area contributed by atoms with Gasteiger partial charge in [0.25, 0.3) is 0 Å². The molecule has 0 aromatic heterocycles. The lowest BCUT2D eigenvalue weighted by molar-refractivity contribution is -0.127. The standard InChI is InChI=1S/C25H34ClN3O2/c1-3-9-23(21-10-5-4-6-11-21)27-25(30)20(2)29-16-14-28(15-17-29)18-19-31-24-13-8-7-12-22(24)26/h4-8,10-13,20,23H,3,9,14-19H2,1-2H3,(H,27,30). The van der Waals surface area contributed by atoms with E-state index in [0.29, 0.717) is 11.6 Å². The molecule has 0 spiro atoms. The SMILES string of the molecule is CCCC(NC(=O)C(C)N1CCN(CCOc2ccccc2Cl)CC1)c1ccccc1. The van der Waals surface area contributed by atoms with Gasteiger partial charge in [-0.3, -0.25) is 14.6 Å². The smallest absolute Gasteiger partial charge is 0.237 e. The van der Waals surface area contributed by atoms with Crippen molar-refractivity contribution < 1.29 is 9.53 Å². The molecule has 1 aliphatic rings. The van der Waals surface area contributed by atoms with Gasteiger partial charge in [0.2, 0.25) is 5.91 Å². The lowest BCUT2D eigenvalue weighted by Crippen LogP contribution is -2.54. The maximum absolute atomic E-state index is 12.9.